The second-order valence-corrected chi connectivity index (χ2v) is 3.94. The molecule has 7 nitrogen and oxygen atoms in total. The molecular weight excluding hydrogens is 240 g/mol. The maximum Gasteiger partial charge on any atom is 0.326 e. The molecule has 0 saturated heterocycles. The Morgan fingerprint density at radius 1 is 1.06 bits per heavy atom. The number of nitrogens with one attached hydrogen (secondary N) is 2. The van der Waals surface area contributed by atoms with E-state index in [0.29, 0.717) is 19.3 Å². The van der Waals surface area contributed by atoms with Crippen LogP contribution < -0.4 is 10.6 Å². The number of unbranched alkanes of at least 4 members (excludes halogenated alkanes) is 1. The van der Waals surface area contributed by atoms with Crippen LogP contribution >= 0.6 is 0 Å². The third-order valence-corrected chi connectivity index (χ3v) is 2.38. The second-order valence-electron chi connectivity index (χ2n) is 3.94. The van der Waals surface area contributed by atoms with E-state index in [1.54, 1.807) is 0 Å². The van der Waals surface area contributed by atoms with Gasteiger partial charge in [0.1, 0.15) is 12.6 Å². The van der Waals surface area contributed by atoms with Crippen molar-refractivity contribution in [1.82, 2.24) is 10.6 Å². The van der Waals surface area contributed by atoms with E-state index < -0.39 is 24.5 Å². The molecule has 0 aliphatic carbocycles. The molecule has 1 amide bonds. The summed E-state index contributed by atoms with van der Waals surface area (Å²) in [5, 5.41) is 31.3. The van der Waals surface area contributed by atoms with Gasteiger partial charge in [-0.2, -0.15) is 0 Å². The first-order valence-corrected chi connectivity index (χ1v) is 6.06. The highest BCUT2D eigenvalue weighted by molar-refractivity contribution is 5.83. The number of hydrogen-bond acceptors (Lipinski definition) is 5. The molecule has 1 unspecified atom stereocenters. The number of aliphatic carboxylic acids is 1. The van der Waals surface area contributed by atoms with Crippen LogP contribution in [0.1, 0.15) is 25.7 Å². The monoisotopic (exact) mass is 262 g/mol. The van der Waals surface area contributed by atoms with Crippen LogP contribution in [0, 0.1) is 0 Å². The summed E-state index contributed by atoms with van der Waals surface area (Å²) in [4.78, 5) is 21.7. The first kappa shape index (κ1) is 16.8. The highest BCUT2D eigenvalue weighted by Crippen LogP contribution is 2.01. The van der Waals surface area contributed by atoms with Crippen molar-refractivity contribution in [3.63, 3.8) is 0 Å². The molecule has 0 bridgehead atoms. The third kappa shape index (κ3) is 8.91. The topological polar surface area (TPSA) is 119 Å². The molecule has 0 heterocycles. The third-order valence-electron chi connectivity index (χ3n) is 2.38. The average molecular weight is 262 g/mol. The van der Waals surface area contributed by atoms with Gasteiger partial charge in [0.05, 0.1) is 0 Å². The zero-order chi connectivity index (χ0) is 13.8. The summed E-state index contributed by atoms with van der Waals surface area (Å²) in [7, 11) is 0. The molecular formula is C11H22N2O5. The van der Waals surface area contributed by atoms with E-state index in [4.69, 9.17) is 15.3 Å². The van der Waals surface area contributed by atoms with Gasteiger partial charge in [-0.3, -0.25) is 4.79 Å². The van der Waals surface area contributed by atoms with Crippen molar-refractivity contribution >= 4 is 11.9 Å². The normalized spacial score (nSPS) is 12.1. The number of aliphatic hydroxyl groups is 2. The fourth-order valence-corrected chi connectivity index (χ4v) is 1.42. The van der Waals surface area contributed by atoms with Crippen LogP contribution in [0.3, 0.4) is 0 Å². The van der Waals surface area contributed by atoms with Gasteiger partial charge in [0.2, 0.25) is 5.91 Å². The molecule has 0 saturated carbocycles. The minimum atomic E-state index is -1.09. The van der Waals surface area contributed by atoms with Crippen molar-refractivity contribution in [2.24, 2.45) is 0 Å². The predicted octanol–water partition coefficient (Wildman–Crippen LogP) is -1.31. The Bertz CT molecular complexity index is 248. The number of rotatable bonds is 11. The summed E-state index contributed by atoms with van der Waals surface area (Å²) in [6.07, 6.45) is 2.49. The first-order valence-electron chi connectivity index (χ1n) is 6.06. The number of aliphatic hydroxyl groups excluding tert-OH is 2. The van der Waals surface area contributed by atoms with E-state index in [1.165, 1.54) is 0 Å². The van der Waals surface area contributed by atoms with Gasteiger partial charge < -0.3 is 26.0 Å². The molecule has 0 aliphatic heterocycles. The van der Waals surface area contributed by atoms with Crippen molar-refractivity contribution < 1.29 is 24.9 Å². The van der Waals surface area contributed by atoms with Crippen molar-refractivity contribution in [3.05, 3.63) is 0 Å². The molecule has 1 atom stereocenters. The van der Waals surface area contributed by atoms with Gasteiger partial charge in [0.15, 0.2) is 0 Å². The molecule has 0 aromatic rings. The smallest absolute Gasteiger partial charge is 0.326 e. The molecule has 0 rings (SSSR count). The molecule has 18 heavy (non-hydrogen) atoms. The van der Waals surface area contributed by atoms with E-state index in [1.807, 2.05) is 0 Å². The van der Waals surface area contributed by atoms with E-state index in [9.17, 15) is 9.59 Å². The summed E-state index contributed by atoms with van der Waals surface area (Å²) < 4.78 is 0. The molecule has 0 aromatic carbocycles. The summed E-state index contributed by atoms with van der Waals surface area (Å²) in [5.41, 5.74) is 0. The van der Waals surface area contributed by atoms with Crippen molar-refractivity contribution in [3.8, 4) is 0 Å². The van der Waals surface area contributed by atoms with Gasteiger partial charge in [-0.05, 0) is 38.8 Å². The van der Waals surface area contributed by atoms with Crippen LogP contribution in [0.5, 0.6) is 0 Å². The van der Waals surface area contributed by atoms with Gasteiger partial charge in [-0.15, -0.1) is 0 Å². The Morgan fingerprint density at radius 3 is 2.28 bits per heavy atom. The maximum atomic E-state index is 10.9. The molecule has 0 spiro atoms. The number of hydrogen-bond donors (Lipinski definition) is 5. The summed E-state index contributed by atoms with van der Waals surface area (Å²) >= 11 is 0. The van der Waals surface area contributed by atoms with Crippen LogP contribution in [-0.2, 0) is 9.59 Å². The van der Waals surface area contributed by atoms with E-state index >= 15 is 0 Å². The number of carboxylic acids is 1. The van der Waals surface area contributed by atoms with E-state index in [2.05, 4.69) is 10.6 Å². The van der Waals surface area contributed by atoms with Crippen LogP contribution in [0.15, 0.2) is 0 Å². The van der Waals surface area contributed by atoms with Crippen LogP contribution in [-0.4, -0.2) is 59.5 Å². The van der Waals surface area contributed by atoms with Crippen LogP contribution in [0.4, 0.5) is 0 Å². The van der Waals surface area contributed by atoms with Crippen molar-refractivity contribution in [1.29, 1.82) is 0 Å². The fraction of sp³-hybridized carbons (Fsp3) is 0.818. The Balaban J connectivity index is 3.65. The van der Waals surface area contributed by atoms with Gasteiger partial charge in [-0.25, -0.2) is 4.79 Å². The standard InChI is InChI=1S/C11H22N2O5/c14-7-3-6-12-5-2-1-4-9(11(17)18)13-10(16)8-15/h9,12,14-15H,1-8H2,(H,13,16)(H,17,18). The molecule has 0 fully saturated rings. The second kappa shape index (κ2) is 10.9. The highest BCUT2D eigenvalue weighted by atomic mass is 16.4. The Morgan fingerprint density at radius 2 is 1.72 bits per heavy atom. The molecule has 7 heteroatoms. The molecule has 5 N–H and O–H groups in total. The minimum absolute atomic E-state index is 0.154. The molecule has 0 aromatic heterocycles. The molecule has 106 valence electrons. The van der Waals surface area contributed by atoms with Crippen LogP contribution in [0.2, 0.25) is 0 Å². The summed E-state index contributed by atoms with van der Waals surface area (Å²) in [5.74, 6) is -1.77. The number of carboxylic acid groups (broad SMARTS) is 1. The highest BCUT2D eigenvalue weighted by Gasteiger charge is 2.18. The Kier molecular flexibility index (Phi) is 10.2. The van der Waals surface area contributed by atoms with Gasteiger partial charge in [-0.1, -0.05) is 0 Å². The lowest BCUT2D eigenvalue weighted by Gasteiger charge is -2.13. The number of carbonyl (C=O) groups is 2. The van der Waals surface area contributed by atoms with Gasteiger partial charge in [0, 0.05) is 6.61 Å². The summed E-state index contributed by atoms with van der Waals surface area (Å²) in [6.45, 7) is 0.939. The lowest BCUT2D eigenvalue weighted by Crippen LogP contribution is -2.42. The predicted molar refractivity (Wildman–Crippen MR) is 65.1 cm³/mol. The summed E-state index contributed by atoms with van der Waals surface area (Å²) in [6, 6.07) is -0.943. The van der Waals surface area contributed by atoms with E-state index in [0.717, 1.165) is 19.5 Å². The lowest BCUT2D eigenvalue weighted by atomic mass is 10.1. The zero-order valence-electron chi connectivity index (χ0n) is 10.4. The lowest BCUT2D eigenvalue weighted by molar-refractivity contribution is -0.142. The van der Waals surface area contributed by atoms with Crippen molar-refractivity contribution in [2.45, 2.75) is 31.7 Å². The Labute approximate surface area is 106 Å². The van der Waals surface area contributed by atoms with Gasteiger partial charge >= 0.3 is 5.97 Å². The fourth-order valence-electron chi connectivity index (χ4n) is 1.42. The Hall–Kier alpha value is -1.18. The molecule has 0 radical (unpaired) electrons. The van der Waals surface area contributed by atoms with Crippen molar-refractivity contribution in [2.75, 3.05) is 26.3 Å². The maximum absolute atomic E-state index is 10.9. The number of amides is 1. The van der Waals surface area contributed by atoms with E-state index in [-0.39, 0.29) is 6.61 Å². The van der Waals surface area contributed by atoms with Crippen LogP contribution in [0.25, 0.3) is 0 Å². The quantitative estimate of drug-likeness (QED) is 0.295. The molecule has 0 aliphatic rings. The first-order chi connectivity index (χ1) is 8.61. The van der Waals surface area contributed by atoms with Gasteiger partial charge in [0.25, 0.3) is 0 Å². The number of carbonyl (C=O) groups excluding carboxylic acids is 1. The largest absolute Gasteiger partial charge is 0.480 e. The minimum Gasteiger partial charge on any atom is -0.480 e. The zero-order valence-corrected chi connectivity index (χ0v) is 10.4. The average Bonchev–Trinajstić information content (AvgIpc) is 2.35. The SMILES string of the molecule is O=C(CO)NC(CCCCNCCCO)C(=O)O.